The van der Waals surface area contributed by atoms with E-state index in [1.807, 2.05) is 19.1 Å². The highest BCUT2D eigenvalue weighted by Crippen LogP contribution is 2.32. The topological polar surface area (TPSA) is 51.5 Å². The number of carbonyl (C=O) groups is 2. The number of amides is 1. The number of esters is 1. The fourth-order valence-corrected chi connectivity index (χ4v) is 4.51. The Labute approximate surface area is 197 Å². The molecule has 1 unspecified atom stereocenters. The first-order valence-electron chi connectivity index (χ1n) is 11.1. The maximum atomic E-state index is 14.8. The lowest BCUT2D eigenvalue weighted by Crippen LogP contribution is -2.43. The van der Waals surface area contributed by atoms with E-state index in [-0.39, 0.29) is 23.6 Å². The third-order valence-electron chi connectivity index (χ3n) is 6.04. The number of ether oxygens (including phenoxy) is 1. The second-order valence-corrected chi connectivity index (χ2v) is 8.60. The molecular formula is C26H26ClFN2O3. The number of hydrogen-bond acceptors (Lipinski definition) is 3. The molecule has 1 aliphatic heterocycles. The maximum Gasteiger partial charge on any atom is 0.310 e. The number of aromatic nitrogens is 1. The highest BCUT2D eigenvalue weighted by molar-refractivity contribution is 6.30. The molecule has 5 nitrogen and oxygen atoms in total. The molecule has 1 aliphatic rings. The highest BCUT2D eigenvalue weighted by atomic mass is 35.5. The molecule has 0 radical (unpaired) electrons. The Morgan fingerprint density at radius 3 is 2.58 bits per heavy atom. The number of hydrogen-bond donors (Lipinski definition) is 0. The largest absolute Gasteiger partial charge is 0.466 e. The van der Waals surface area contributed by atoms with Crippen molar-refractivity contribution < 1.29 is 18.7 Å². The quantitative estimate of drug-likeness (QED) is 0.454. The molecule has 1 aromatic heterocycles. The number of benzene rings is 2. The van der Waals surface area contributed by atoms with Gasteiger partial charge >= 0.3 is 5.97 Å². The summed E-state index contributed by atoms with van der Waals surface area (Å²) in [7, 11) is 0. The van der Waals surface area contributed by atoms with Crippen molar-refractivity contribution in [3.05, 3.63) is 76.7 Å². The lowest BCUT2D eigenvalue weighted by molar-refractivity contribution is -0.149. The number of nitrogens with zero attached hydrogens (tertiary/aromatic N) is 2. The van der Waals surface area contributed by atoms with Crippen molar-refractivity contribution >= 4 is 23.5 Å². The molecule has 0 N–H and O–H groups in total. The van der Waals surface area contributed by atoms with Crippen LogP contribution in [0.15, 0.2) is 54.6 Å². The molecule has 1 fully saturated rings. The van der Waals surface area contributed by atoms with Gasteiger partial charge in [0.05, 0.1) is 29.5 Å². The van der Waals surface area contributed by atoms with E-state index in [9.17, 15) is 14.0 Å². The molecule has 4 rings (SSSR count). The summed E-state index contributed by atoms with van der Waals surface area (Å²) in [5.41, 5.74) is 2.98. The van der Waals surface area contributed by atoms with Crippen molar-refractivity contribution in [3.8, 4) is 16.9 Å². The van der Waals surface area contributed by atoms with Gasteiger partial charge < -0.3 is 14.2 Å². The van der Waals surface area contributed by atoms with Crippen molar-refractivity contribution in [1.82, 2.24) is 9.47 Å². The zero-order valence-corrected chi connectivity index (χ0v) is 19.4. The predicted molar refractivity (Wildman–Crippen MR) is 126 cm³/mol. The van der Waals surface area contributed by atoms with Gasteiger partial charge in [0.2, 0.25) is 0 Å². The van der Waals surface area contributed by atoms with Gasteiger partial charge in [-0.05, 0) is 62.6 Å². The summed E-state index contributed by atoms with van der Waals surface area (Å²) in [6.45, 7) is 4.79. The average molecular weight is 469 g/mol. The van der Waals surface area contributed by atoms with E-state index >= 15 is 0 Å². The number of rotatable bonds is 5. The van der Waals surface area contributed by atoms with Crippen molar-refractivity contribution in [2.45, 2.75) is 26.7 Å². The molecule has 1 atom stereocenters. The van der Waals surface area contributed by atoms with E-state index in [4.69, 9.17) is 16.3 Å². The lowest BCUT2D eigenvalue weighted by Gasteiger charge is -2.31. The van der Waals surface area contributed by atoms with Crippen LogP contribution in [0.25, 0.3) is 16.9 Å². The Kier molecular flexibility index (Phi) is 6.84. The minimum atomic E-state index is -0.384. The highest BCUT2D eigenvalue weighted by Gasteiger charge is 2.32. The first-order valence-corrected chi connectivity index (χ1v) is 11.5. The Bertz CT molecular complexity index is 1170. The van der Waals surface area contributed by atoms with Crippen LogP contribution in [0.3, 0.4) is 0 Å². The molecule has 0 spiro atoms. The molecule has 3 aromatic rings. The van der Waals surface area contributed by atoms with E-state index in [2.05, 4.69) is 0 Å². The van der Waals surface area contributed by atoms with E-state index in [1.54, 1.807) is 52.8 Å². The second kappa shape index (κ2) is 9.79. The summed E-state index contributed by atoms with van der Waals surface area (Å²) in [5, 5.41) is 0.592. The number of para-hydroxylation sites is 1. The van der Waals surface area contributed by atoms with Crippen LogP contribution in [-0.2, 0) is 9.53 Å². The van der Waals surface area contributed by atoms with Gasteiger partial charge in [0.15, 0.2) is 0 Å². The molecule has 0 saturated carbocycles. The minimum Gasteiger partial charge on any atom is -0.466 e. The van der Waals surface area contributed by atoms with Gasteiger partial charge in [0.25, 0.3) is 5.91 Å². The van der Waals surface area contributed by atoms with E-state index in [1.165, 1.54) is 6.07 Å². The Morgan fingerprint density at radius 1 is 1.15 bits per heavy atom. The first kappa shape index (κ1) is 23.1. The third kappa shape index (κ3) is 4.67. The normalized spacial score (nSPS) is 16.0. The fourth-order valence-electron chi connectivity index (χ4n) is 4.38. The molecule has 0 aliphatic carbocycles. The van der Waals surface area contributed by atoms with Crippen molar-refractivity contribution in [1.29, 1.82) is 0 Å². The zero-order valence-electron chi connectivity index (χ0n) is 18.7. The van der Waals surface area contributed by atoms with Gasteiger partial charge in [-0.2, -0.15) is 0 Å². The summed E-state index contributed by atoms with van der Waals surface area (Å²) in [4.78, 5) is 27.5. The van der Waals surface area contributed by atoms with Crippen LogP contribution in [-0.4, -0.2) is 41.0 Å². The minimum absolute atomic E-state index is 0.174. The number of carbonyl (C=O) groups excluding carboxylic acids is 2. The lowest BCUT2D eigenvalue weighted by atomic mass is 9.97. The Balaban J connectivity index is 1.75. The zero-order chi connectivity index (χ0) is 23.5. The first-order chi connectivity index (χ1) is 15.9. The molecule has 172 valence electrons. The summed E-state index contributed by atoms with van der Waals surface area (Å²) < 4.78 is 21.7. The molecule has 7 heteroatoms. The van der Waals surface area contributed by atoms with E-state index < -0.39 is 0 Å². The van der Waals surface area contributed by atoms with Crippen LogP contribution in [0, 0.1) is 18.7 Å². The molecule has 2 heterocycles. The van der Waals surface area contributed by atoms with E-state index in [0.717, 1.165) is 12.0 Å². The van der Waals surface area contributed by atoms with Crippen molar-refractivity contribution in [3.63, 3.8) is 0 Å². The van der Waals surface area contributed by atoms with Gasteiger partial charge in [-0.3, -0.25) is 9.59 Å². The van der Waals surface area contributed by atoms with Crippen molar-refractivity contribution in [2.75, 3.05) is 19.7 Å². The van der Waals surface area contributed by atoms with Crippen LogP contribution < -0.4 is 0 Å². The molecule has 33 heavy (non-hydrogen) atoms. The van der Waals surface area contributed by atoms with Crippen LogP contribution >= 0.6 is 11.6 Å². The second-order valence-electron chi connectivity index (χ2n) is 8.16. The predicted octanol–water partition coefficient (Wildman–Crippen LogP) is 5.66. The van der Waals surface area contributed by atoms with Gasteiger partial charge in [-0.1, -0.05) is 35.9 Å². The summed E-state index contributed by atoms with van der Waals surface area (Å²) >= 11 is 6.07. The monoisotopic (exact) mass is 468 g/mol. The number of piperidine rings is 1. The molecule has 0 bridgehead atoms. The fraction of sp³-hybridized carbons (Fsp3) is 0.308. The average Bonchev–Trinajstić information content (AvgIpc) is 3.16. The molecule has 2 aromatic carbocycles. The van der Waals surface area contributed by atoms with Crippen molar-refractivity contribution in [2.24, 2.45) is 5.92 Å². The standard InChI is InChI=1S/C26H26ClFN2O3/c1-3-33-26(32)19-7-6-14-29(16-19)25(31)21-15-24(18-10-12-20(27)13-11-18)30(17(21)2)23-9-5-4-8-22(23)28/h4-5,8-13,15,19H,3,6-7,14,16H2,1-2H3. The third-order valence-corrected chi connectivity index (χ3v) is 6.29. The van der Waals surface area contributed by atoms with Gasteiger partial charge in [-0.15, -0.1) is 0 Å². The summed E-state index contributed by atoms with van der Waals surface area (Å²) in [6, 6.07) is 15.5. The van der Waals surface area contributed by atoms with Crippen LogP contribution in [0.2, 0.25) is 5.02 Å². The summed E-state index contributed by atoms with van der Waals surface area (Å²) in [5.74, 6) is -1.15. The van der Waals surface area contributed by atoms with Gasteiger partial charge in [0, 0.05) is 23.8 Å². The van der Waals surface area contributed by atoms with Gasteiger partial charge in [0.1, 0.15) is 5.82 Å². The smallest absolute Gasteiger partial charge is 0.310 e. The number of halogens is 2. The number of likely N-dealkylation sites (tertiary alicyclic amines) is 1. The molecular weight excluding hydrogens is 443 g/mol. The van der Waals surface area contributed by atoms with Crippen LogP contribution in [0.5, 0.6) is 0 Å². The van der Waals surface area contributed by atoms with E-state index in [0.29, 0.717) is 53.8 Å². The summed E-state index contributed by atoms with van der Waals surface area (Å²) in [6.07, 6.45) is 1.43. The Morgan fingerprint density at radius 2 is 1.88 bits per heavy atom. The maximum absolute atomic E-state index is 14.8. The SMILES string of the molecule is CCOC(=O)C1CCCN(C(=O)c2cc(-c3ccc(Cl)cc3)n(-c3ccccc3F)c2C)C1. The molecule has 1 saturated heterocycles. The van der Waals surface area contributed by atoms with Crippen LogP contribution in [0.1, 0.15) is 35.8 Å². The van der Waals surface area contributed by atoms with Crippen LogP contribution in [0.4, 0.5) is 4.39 Å². The molecule has 1 amide bonds. The Hall–Kier alpha value is -3.12. The van der Waals surface area contributed by atoms with Gasteiger partial charge in [-0.25, -0.2) is 4.39 Å².